The van der Waals surface area contributed by atoms with Crippen LogP contribution in [0.4, 0.5) is 5.69 Å². The van der Waals surface area contributed by atoms with Gasteiger partial charge in [0.1, 0.15) is 0 Å². The highest BCUT2D eigenvalue weighted by molar-refractivity contribution is 14.1. The molecule has 18 heavy (non-hydrogen) atoms. The lowest BCUT2D eigenvalue weighted by atomic mass is 10.2. The number of anilines is 1. The molecule has 0 heterocycles. The number of guanidine groups is 1. The molecule has 5 N–H and O–H groups in total. The number of benzene rings is 1. The van der Waals surface area contributed by atoms with E-state index in [-0.39, 0.29) is 11.5 Å². The molecule has 98 valence electrons. The van der Waals surface area contributed by atoms with Crippen molar-refractivity contribution in [3.63, 3.8) is 0 Å². The summed E-state index contributed by atoms with van der Waals surface area (Å²) in [4.78, 5) is 10.9. The Bertz CT molecular complexity index is 478. The first-order valence-corrected chi connectivity index (χ1v) is 7.12. The summed E-state index contributed by atoms with van der Waals surface area (Å²) < 4.78 is 1.56. The van der Waals surface area contributed by atoms with Gasteiger partial charge in [0.25, 0.3) is 0 Å². The number of halogens is 2. The minimum atomic E-state index is -0.956. The predicted molar refractivity (Wildman–Crippen MR) is 87.7 cm³/mol. The Labute approximate surface area is 132 Å². The monoisotopic (exact) mass is 474 g/mol. The molecule has 0 spiro atoms. The highest BCUT2D eigenvalue weighted by atomic mass is 127. The highest BCUT2D eigenvalue weighted by Crippen LogP contribution is 2.30. The molecule has 0 amide bonds. The molecule has 0 aliphatic rings. The Morgan fingerprint density at radius 1 is 1.39 bits per heavy atom. The average Bonchev–Trinajstić information content (AvgIpc) is 2.25. The van der Waals surface area contributed by atoms with Crippen LogP contribution in [0.1, 0.15) is 17.3 Å². The van der Waals surface area contributed by atoms with Crippen molar-refractivity contribution < 1.29 is 9.90 Å². The van der Waals surface area contributed by atoms with Gasteiger partial charge in [0.15, 0.2) is 0 Å². The third-order valence-corrected chi connectivity index (χ3v) is 3.70. The van der Waals surface area contributed by atoms with Crippen molar-refractivity contribution in [3.8, 4) is 0 Å². The lowest BCUT2D eigenvalue weighted by Crippen LogP contribution is -2.29. The van der Waals surface area contributed by atoms with Crippen LogP contribution in [0.5, 0.6) is 0 Å². The largest absolute Gasteiger partial charge is 0.478 e. The van der Waals surface area contributed by atoms with Crippen LogP contribution < -0.4 is 16.5 Å². The molecule has 0 unspecified atom stereocenters. The fourth-order valence-electron chi connectivity index (χ4n) is 1.35. The van der Waals surface area contributed by atoms with E-state index in [9.17, 15) is 4.79 Å². The van der Waals surface area contributed by atoms with Gasteiger partial charge in [-0.2, -0.15) is 0 Å². The molecule has 0 saturated heterocycles. The molecule has 0 aliphatic heterocycles. The molecule has 0 radical (unpaired) electrons. The van der Waals surface area contributed by atoms with E-state index < -0.39 is 5.97 Å². The fraction of sp³-hybridized carbons (Fsp3) is 0.200. The van der Waals surface area contributed by atoms with Gasteiger partial charge in [-0.1, -0.05) is 0 Å². The third-order valence-electron chi connectivity index (χ3n) is 2.06. The van der Waals surface area contributed by atoms with Crippen molar-refractivity contribution in [1.82, 2.24) is 0 Å². The zero-order valence-electron chi connectivity index (χ0n) is 9.52. The topological polar surface area (TPSA) is 105 Å². The Kier molecular flexibility index (Phi) is 5.44. The molecular formula is C10H12I2N4O2. The quantitative estimate of drug-likeness (QED) is 0.267. The summed E-state index contributed by atoms with van der Waals surface area (Å²) in [7, 11) is 0. The van der Waals surface area contributed by atoms with Crippen molar-refractivity contribution in [3.05, 3.63) is 24.8 Å². The first-order valence-electron chi connectivity index (χ1n) is 4.96. The number of aromatic carboxylic acids is 1. The van der Waals surface area contributed by atoms with Crippen LogP contribution in [-0.2, 0) is 0 Å². The number of hydrogen-bond acceptors (Lipinski definition) is 3. The van der Waals surface area contributed by atoms with E-state index in [2.05, 4.69) is 50.3 Å². The molecule has 0 saturated carbocycles. The lowest BCUT2D eigenvalue weighted by Gasteiger charge is -2.20. The summed E-state index contributed by atoms with van der Waals surface area (Å²) in [6.07, 6.45) is 0. The van der Waals surface area contributed by atoms with Crippen LogP contribution in [0.15, 0.2) is 17.2 Å². The first-order chi connectivity index (χ1) is 8.36. The highest BCUT2D eigenvalue weighted by Gasteiger charge is 2.16. The molecule has 1 rings (SSSR count). The predicted octanol–water partition coefficient (Wildman–Crippen LogP) is 1.61. The summed E-state index contributed by atoms with van der Waals surface area (Å²) in [6, 6.07) is 3.18. The van der Waals surface area contributed by atoms with Gasteiger partial charge in [-0.25, -0.2) is 4.79 Å². The Morgan fingerprint density at radius 2 is 1.89 bits per heavy atom. The lowest BCUT2D eigenvalue weighted by molar-refractivity contribution is 0.0696. The Balaban J connectivity index is 3.32. The van der Waals surface area contributed by atoms with E-state index in [1.807, 2.05) is 6.92 Å². The zero-order valence-corrected chi connectivity index (χ0v) is 13.8. The summed E-state index contributed by atoms with van der Waals surface area (Å²) >= 11 is 4.14. The second kappa shape index (κ2) is 6.41. The fourth-order valence-corrected chi connectivity index (χ4v) is 3.68. The van der Waals surface area contributed by atoms with Gasteiger partial charge in [0.2, 0.25) is 5.96 Å². The number of hydrazone groups is 1. The Morgan fingerprint density at radius 3 is 2.22 bits per heavy atom. The van der Waals surface area contributed by atoms with Crippen molar-refractivity contribution in [1.29, 1.82) is 0 Å². The molecule has 0 fully saturated rings. The van der Waals surface area contributed by atoms with Crippen LogP contribution in [-0.4, -0.2) is 23.6 Å². The number of nitrogens with two attached hydrogens (primary N) is 2. The second-order valence-electron chi connectivity index (χ2n) is 3.33. The maximum absolute atomic E-state index is 10.9. The minimum Gasteiger partial charge on any atom is -0.478 e. The maximum Gasteiger partial charge on any atom is 0.335 e. The molecular weight excluding hydrogens is 462 g/mol. The SMILES string of the molecule is CCN(N=C(N)N)c1c(I)cc(C(=O)O)cc1I. The number of carboxylic acid groups (broad SMARTS) is 1. The third kappa shape index (κ3) is 3.60. The molecule has 6 nitrogen and oxygen atoms in total. The minimum absolute atomic E-state index is 0.0363. The second-order valence-corrected chi connectivity index (χ2v) is 5.66. The average molecular weight is 474 g/mol. The summed E-state index contributed by atoms with van der Waals surface area (Å²) in [5, 5.41) is 14.6. The van der Waals surface area contributed by atoms with Crippen molar-refractivity contribution in [2.24, 2.45) is 16.6 Å². The maximum atomic E-state index is 10.9. The van der Waals surface area contributed by atoms with E-state index in [4.69, 9.17) is 16.6 Å². The molecule has 8 heteroatoms. The van der Waals surface area contributed by atoms with Gasteiger partial charge in [-0.05, 0) is 64.2 Å². The van der Waals surface area contributed by atoms with E-state index in [1.165, 1.54) is 0 Å². The standard InChI is InChI=1S/C10H12I2N4O2/c1-2-16(15-10(13)14)8-6(11)3-5(9(17)18)4-7(8)12/h3-4H,2H2,1H3,(H,17,18)(H4,13,14,15). The number of carbonyl (C=O) groups is 1. The molecule has 0 aromatic heterocycles. The molecule has 1 aromatic rings. The van der Waals surface area contributed by atoms with Crippen LogP contribution in [0.3, 0.4) is 0 Å². The van der Waals surface area contributed by atoms with Gasteiger partial charge < -0.3 is 16.6 Å². The van der Waals surface area contributed by atoms with Gasteiger partial charge >= 0.3 is 5.97 Å². The van der Waals surface area contributed by atoms with Crippen molar-refractivity contribution >= 4 is 62.8 Å². The molecule has 0 atom stereocenters. The van der Waals surface area contributed by atoms with E-state index >= 15 is 0 Å². The van der Waals surface area contributed by atoms with Crippen molar-refractivity contribution in [2.75, 3.05) is 11.6 Å². The van der Waals surface area contributed by atoms with E-state index in [0.717, 1.165) is 12.8 Å². The van der Waals surface area contributed by atoms with Gasteiger partial charge in [-0.15, -0.1) is 5.10 Å². The van der Waals surface area contributed by atoms with Crippen molar-refractivity contribution in [2.45, 2.75) is 6.92 Å². The number of rotatable bonds is 4. The van der Waals surface area contributed by atoms with E-state index in [1.54, 1.807) is 17.1 Å². The molecule has 0 aliphatic carbocycles. The smallest absolute Gasteiger partial charge is 0.335 e. The first kappa shape index (κ1) is 15.3. The summed E-state index contributed by atoms with van der Waals surface area (Å²) in [5.41, 5.74) is 11.8. The van der Waals surface area contributed by atoms with Crippen LogP contribution in [0.25, 0.3) is 0 Å². The molecule has 0 bridgehead atoms. The van der Waals surface area contributed by atoms with Gasteiger partial charge in [0, 0.05) is 13.7 Å². The number of nitrogens with zero attached hydrogens (tertiary/aromatic N) is 2. The number of carboxylic acids is 1. The van der Waals surface area contributed by atoms with E-state index in [0.29, 0.717) is 6.54 Å². The zero-order chi connectivity index (χ0) is 13.9. The number of hydrogen-bond donors (Lipinski definition) is 3. The summed E-state index contributed by atoms with van der Waals surface area (Å²) in [5.74, 6) is -0.993. The van der Waals surface area contributed by atoms with Gasteiger partial charge in [0.05, 0.1) is 11.3 Å². The molecule has 1 aromatic carbocycles. The Hall–Kier alpha value is -0.780. The van der Waals surface area contributed by atoms with Crippen LogP contribution in [0.2, 0.25) is 0 Å². The van der Waals surface area contributed by atoms with Crippen LogP contribution in [0, 0.1) is 7.14 Å². The van der Waals surface area contributed by atoms with Gasteiger partial charge in [-0.3, -0.25) is 5.01 Å². The summed E-state index contributed by atoms with van der Waals surface area (Å²) in [6.45, 7) is 2.49. The van der Waals surface area contributed by atoms with Crippen LogP contribution >= 0.6 is 45.2 Å². The normalized spacial score (nSPS) is 9.94.